The maximum Gasteiger partial charge on any atom is 0.0188 e. The van der Waals surface area contributed by atoms with E-state index in [4.69, 9.17) is 0 Å². The molecule has 1 nitrogen and oxygen atoms in total. The van der Waals surface area contributed by atoms with Crippen molar-refractivity contribution in [2.45, 2.75) is 50.1 Å². The molecule has 0 aromatic rings. The van der Waals surface area contributed by atoms with Crippen molar-refractivity contribution in [3.63, 3.8) is 0 Å². The molecule has 2 aliphatic carbocycles. The number of hydrogen-bond acceptors (Lipinski definition) is 1. The van der Waals surface area contributed by atoms with Crippen LogP contribution < -0.4 is 5.32 Å². The fourth-order valence-corrected chi connectivity index (χ4v) is 2.92. The normalized spacial score (nSPS) is 48.0. The molecule has 56 valence electrons. The van der Waals surface area contributed by atoms with Gasteiger partial charge in [0.1, 0.15) is 0 Å². The largest absolute Gasteiger partial charge is 0.308 e. The Labute approximate surface area is 62.2 Å². The molecule has 2 saturated carbocycles. The van der Waals surface area contributed by atoms with Gasteiger partial charge in [-0.15, -0.1) is 0 Å². The van der Waals surface area contributed by atoms with Crippen LogP contribution in [0.5, 0.6) is 0 Å². The molecule has 1 saturated heterocycles. The molecule has 0 aromatic heterocycles. The lowest BCUT2D eigenvalue weighted by Crippen LogP contribution is -2.30. The van der Waals surface area contributed by atoms with Gasteiger partial charge in [-0.3, -0.25) is 0 Å². The van der Waals surface area contributed by atoms with Crippen molar-refractivity contribution in [2.75, 3.05) is 0 Å². The first-order valence-corrected chi connectivity index (χ1v) is 4.66. The minimum Gasteiger partial charge on any atom is -0.308 e. The average molecular weight is 137 g/mol. The summed E-state index contributed by atoms with van der Waals surface area (Å²) < 4.78 is 0. The van der Waals surface area contributed by atoms with Crippen molar-refractivity contribution in [2.24, 2.45) is 5.92 Å². The quantitative estimate of drug-likeness (QED) is 0.535. The van der Waals surface area contributed by atoms with E-state index in [1.165, 1.54) is 38.5 Å². The standard InChI is InChI=1S/C9H15N/c1-2-7-6-9(4-5-9)10-8(7)3-1/h7-8,10H,1-6H2. The van der Waals surface area contributed by atoms with E-state index in [9.17, 15) is 0 Å². The van der Waals surface area contributed by atoms with E-state index in [2.05, 4.69) is 5.32 Å². The van der Waals surface area contributed by atoms with Gasteiger partial charge in [0.25, 0.3) is 0 Å². The molecule has 1 N–H and O–H groups in total. The van der Waals surface area contributed by atoms with Gasteiger partial charge >= 0.3 is 0 Å². The Morgan fingerprint density at radius 1 is 1.20 bits per heavy atom. The first-order valence-electron chi connectivity index (χ1n) is 4.66. The Bertz CT molecular complexity index is 146. The van der Waals surface area contributed by atoms with Crippen LogP contribution in [0.3, 0.4) is 0 Å². The second-order valence-corrected chi connectivity index (χ2v) is 4.43. The zero-order valence-corrected chi connectivity index (χ0v) is 6.40. The summed E-state index contributed by atoms with van der Waals surface area (Å²) in [6, 6.07) is 0.933. The van der Waals surface area contributed by atoms with E-state index in [0.717, 1.165) is 12.0 Å². The molecule has 0 aromatic carbocycles. The minimum absolute atomic E-state index is 0.690. The van der Waals surface area contributed by atoms with Crippen molar-refractivity contribution in [3.8, 4) is 0 Å². The van der Waals surface area contributed by atoms with Gasteiger partial charge in [0.2, 0.25) is 0 Å². The molecule has 1 aliphatic heterocycles. The monoisotopic (exact) mass is 137 g/mol. The van der Waals surface area contributed by atoms with Crippen LogP contribution in [0.2, 0.25) is 0 Å². The third-order valence-electron chi connectivity index (χ3n) is 3.66. The van der Waals surface area contributed by atoms with Crippen molar-refractivity contribution in [1.82, 2.24) is 5.32 Å². The molecule has 3 fully saturated rings. The second-order valence-electron chi connectivity index (χ2n) is 4.43. The minimum atomic E-state index is 0.690. The van der Waals surface area contributed by atoms with Crippen LogP contribution in [0.25, 0.3) is 0 Å². The lowest BCUT2D eigenvalue weighted by molar-refractivity contribution is 0.513. The summed E-state index contributed by atoms with van der Waals surface area (Å²) in [6.45, 7) is 0. The zero-order chi connectivity index (χ0) is 6.60. The third kappa shape index (κ3) is 0.619. The van der Waals surface area contributed by atoms with Crippen molar-refractivity contribution in [1.29, 1.82) is 0 Å². The predicted octanol–water partition coefficient (Wildman–Crippen LogP) is 1.68. The summed E-state index contributed by atoms with van der Waals surface area (Å²) in [7, 11) is 0. The third-order valence-corrected chi connectivity index (χ3v) is 3.66. The summed E-state index contributed by atoms with van der Waals surface area (Å²) in [5.74, 6) is 1.07. The van der Waals surface area contributed by atoms with E-state index in [-0.39, 0.29) is 0 Å². The molecule has 0 bridgehead atoms. The lowest BCUT2D eigenvalue weighted by atomic mass is 10.0. The van der Waals surface area contributed by atoms with Crippen LogP contribution >= 0.6 is 0 Å². The van der Waals surface area contributed by atoms with Crippen molar-refractivity contribution >= 4 is 0 Å². The highest BCUT2D eigenvalue weighted by molar-refractivity contribution is 5.12. The molecule has 10 heavy (non-hydrogen) atoms. The van der Waals surface area contributed by atoms with Crippen LogP contribution in [0, 0.1) is 5.92 Å². The SMILES string of the molecule is C1CC2CC3(CC3)NC2C1. The Hall–Kier alpha value is -0.0400. The van der Waals surface area contributed by atoms with Gasteiger partial charge in [-0.25, -0.2) is 0 Å². The van der Waals surface area contributed by atoms with Gasteiger partial charge in [-0.1, -0.05) is 6.42 Å². The number of hydrogen-bond donors (Lipinski definition) is 1. The Morgan fingerprint density at radius 3 is 2.80 bits per heavy atom. The molecular weight excluding hydrogens is 122 g/mol. The number of fused-ring (bicyclic) bond motifs is 1. The molecule has 0 amide bonds. The molecule has 2 unspecified atom stereocenters. The molecule has 1 heteroatoms. The second kappa shape index (κ2) is 1.58. The summed E-state index contributed by atoms with van der Waals surface area (Å²) in [5, 5.41) is 3.80. The average Bonchev–Trinajstić information content (AvgIpc) is 2.28. The fraction of sp³-hybridized carbons (Fsp3) is 1.00. The van der Waals surface area contributed by atoms with E-state index in [1.54, 1.807) is 0 Å². The molecular formula is C9H15N. The maximum absolute atomic E-state index is 3.80. The van der Waals surface area contributed by atoms with Crippen LogP contribution in [0.1, 0.15) is 38.5 Å². The van der Waals surface area contributed by atoms with Gasteiger partial charge in [-0.05, 0) is 38.0 Å². The summed E-state index contributed by atoms with van der Waals surface area (Å²) in [5.41, 5.74) is 0.690. The molecule has 3 aliphatic rings. The van der Waals surface area contributed by atoms with Crippen molar-refractivity contribution < 1.29 is 0 Å². The van der Waals surface area contributed by atoms with Gasteiger partial charge in [0.15, 0.2) is 0 Å². The van der Waals surface area contributed by atoms with Crippen LogP contribution in [-0.2, 0) is 0 Å². The highest BCUT2D eigenvalue weighted by atomic mass is 15.1. The van der Waals surface area contributed by atoms with Gasteiger partial charge in [-0.2, -0.15) is 0 Å². The first-order chi connectivity index (χ1) is 4.88. The zero-order valence-electron chi connectivity index (χ0n) is 6.40. The maximum atomic E-state index is 3.80. The molecule has 3 rings (SSSR count). The van der Waals surface area contributed by atoms with Crippen LogP contribution in [-0.4, -0.2) is 11.6 Å². The highest BCUT2D eigenvalue weighted by Gasteiger charge is 2.53. The van der Waals surface area contributed by atoms with Crippen LogP contribution in [0.15, 0.2) is 0 Å². The smallest absolute Gasteiger partial charge is 0.0188 e. The topological polar surface area (TPSA) is 12.0 Å². The van der Waals surface area contributed by atoms with Gasteiger partial charge in [0.05, 0.1) is 0 Å². The molecule has 0 radical (unpaired) electrons. The Kier molecular flexibility index (Phi) is 0.883. The van der Waals surface area contributed by atoms with E-state index in [0.29, 0.717) is 5.54 Å². The number of nitrogens with one attached hydrogen (secondary N) is 1. The van der Waals surface area contributed by atoms with Crippen LogP contribution in [0.4, 0.5) is 0 Å². The van der Waals surface area contributed by atoms with E-state index < -0.39 is 0 Å². The predicted molar refractivity (Wildman–Crippen MR) is 40.8 cm³/mol. The molecule has 2 atom stereocenters. The Morgan fingerprint density at radius 2 is 2.10 bits per heavy atom. The lowest BCUT2D eigenvalue weighted by Gasteiger charge is -2.08. The molecule has 1 heterocycles. The van der Waals surface area contributed by atoms with E-state index in [1.807, 2.05) is 0 Å². The summed E-state index contributed by atoms with van der Waals surface area (Å²) >= 11 is 0. The first kappa shape index (κ1) is 5.59. The van der Waals surface area contributed by atoms with Gasteiger partial charge < -0.3 is 5.32 Å². The summed E-state index contributed by atoms with van der Waals surface area (Å²) in [4.78, 5) is 0. The summed E-state index contributed by atoms with van der Waals surface area (Å²) in [6.07, 6.45) is 8.92. The fourth-order valence-electron chi connectivity index (χ4n) is 2.92. The Balaban J connectivity index is 1.82. The number of rotatable bonds is 0. The van der Waals surface area contributed by atoms with Gasteiger partial charge in [0, 0.05) is 11.6 Å². The van der Waals surface area contributed by atoms with Crippen molar-refractivity contribution in [3.05, 3.63) is 0 Å². The molecule has 1 spiro atoms. The highest BCUT2D eigenvalue weighted by Crippen LogP contribution is 2.51. The van der Waals surface area contributed by atoms with E-state index >= 15 is 0 Å².